The summed E-state index contributed by atoms with van der Waals surface area (Å²) >= 11 is 5.09. The first-order valence-corrected chi connectivity index (χ1v) is 7.43. The molecule has 5 nitrogen and oxygen atoms in total. The van der Waals surface area contributed by atoms with Crippen molar-refractivity contribution in [2.45, 2.75) is 33.1 Å². The maximum atomic E-state index is 11.8. The molecule has 6 heteroatoms. The fourth-order valence-corrected chi connectivity index (χ4v) is 2.08. The standard InChI is InChI=1S/C15H19N3O2S/c1-3-13(19)18-15(21)17-12-6-4-5-11(9(12)2)16-14(20)10-7-8-10/h4-6,10H,3,7-8H2,1-2H3,(H,16,20)(H2,17,18,19,21). The van der Waals surface area contributed by atoms with E-state index in [9.17, 15) is 9.59 Å². The first-order chi connectivity index (χ1) is 10.0. The predicted octanol–water partition coefficient (Wildman–Crippen LogP) is 2.57. The van der Waals surface area contributed by atoms with Gasteiger partial charge in [-0.1, -0.05) is 13.0 Å². The number of nitrogens with one attached hydrogen (secondary N) is 3. The lowest BCUT2D eigenvalue weighted by Gasteiger charge is -2.15. The maximum absolute atomic E-state index is 11.8. The molecule has 1 aromatic carbocycles. The minimum Gasteiger partial charge on any atom is -0.332 e. The molecule has 0 atom stereocenters. The maximum Gasteiger partial charge on any atom is 0.227 e. The molecule has 21 heavy (non-hydrogen) atoms. The molecule has 0 heterocycles. The molecule has 1 fully saturated rings. The van der Waals surface area contributed by atoms with Crippen LogP contribution >= 0.6 is 12.2 Å². The number of thiocarbonyl (C=S) groups is 1. The van der Waals surface area contributed by atoms with Gasteiger partial charge in [-0.15, -0.1) is 0 Å². The molecular weight excluding hydrogens is 286 g/mol. The largest absolute Gasteiger partial charge is 0.332 e. The van der Waals surface area contributed by atoms with Crippen molar-refractivity contribution >= 4 is 40.5 Å². The molecular formula is C15H19N3O2S. The van der Waals surface area contributed by atoms with Crippen LogP contribution in [-0.4, -0.2) is 16.9 Å². The van der Waals surface area contributed by atoms with Crippen molar-refractivity contribution in [2.75, 3.05) is 10.6 Å². The average molecular weight is 305 g/mol. The third-order valence-corrected chi connectivity index (χ3v) is 3.57. The number of carbonyl (C=O) groups excluding carboxylic acids is 2. The van der Waals surface area contributed by atoms with E-state index in [2.05, 4.69) is 16.0 Å². The highest BCUT2D eigenvalue weighted by Crippen LogP contribution is 2.31. The molecule has 1 saturated carbocycles. The molecule has 2 rings (SSSR count). The van der Waals surface area contributed by atoms with Gasteiger partial charge >= 0.3 is 0 Å². The number of rotatable bonds is 4. The summed E-state index contributed by atoms with van der Waals surface area (Å²) in [7, 11) is 0. The van der Waals surface area contributed by atoms with Crippen molar-refractivity contribution in [3.63, 3.8) is 0 Å². The topological polar surface area (TPSA) is 70.2 Å². The summed E-state index contributed by atoms with van der Waals surface area (Å²) in [6.07, 6.45) is 2.31. The van der Waals surface area contributed by atoms with E-state index >= 15 is 0 Å². The quantitative estimate of drug-likeness (QED) is 0.748. The Bertz CT molecular complexity index is 582. The predicted molar refractivity (Wildman–Crippen MR) is 87.2 cm³/mol. The minimum atomic E-state index is -0.136. The Hall–Kier alpha value is -1.95. The number of anilines is 2. The minimum absolute atomic E-state index is 0.0668. The Morgan fingerprint density at radius 3 is 2.43 bits per heavy atom. The molecule has 1 aromatic rings. The summed E-state index contributed by atoms with van der Waals surface area (Å²) < 4.78 is 0. The summed E-state index contributed by atoms with van der Waals surface area (Å²) in [5.41, 5.74) is 2.42. The summed E-state index contributed by atoms with van der Waals surface area (Å²) in [5.74, 6) is 0.0893. The molecule has 2 amide bonds. The molecule has 1 aliphatic rings. The third kappa shape index (κ3) is 4.26. The monoisotopic (exact) mass is 305 g/mol. The van der Waals surface area contributed by atoms with E-state index in [4.69, 9.17) is 12.2 Å². The highest BCUT2D eigenvalue weighted by atomic mass is 32.1. The van der Waals surface area contributed by atoms with Gasteiger partial charge in [0.1, 0.15) is 0 Å². The van der Waals surface area contributed by atoms with Crippen LogP contribution in [0.25, 0.3) is 0 Å². The second kappa shape index (κ2) is 6.67. The number of carbonyl (C=O) groups is 2. The van der Waals surface area contributed by atoms with Gasteiger partial charge in [0.15, 0.2) is 5.11 Å². The SMILES string of the molecule is CCC(=O)NC(=S)Nc1cccc(NC(=O)C2CC2)c1C. The van der Waals surface area contributed by atoms with E-state index in [1.165, 1.54) is 0 Å². The van der Waals surface area contributed by atoms with Gasteiger partial charge in [0.2, 0.25) is 11.8 Å². The van der Waals surface area contributed by atoms with Crippen molar-refractivity contribution in [3.8, 4) is 0 Å². The van der Waals surface area contributed by atoms with Crippen molar-refractivity contribution in [1.82, 2.24) is 5.32 Å². The van der Waals surface area contributed by atoms with Gasteiger partial charge in [-0.3, -0.25) is 9.59 Å². The van der Waals surface area contributed by atoms with E-state index < -0.39 is 0 Å². The van der Waals surface area contributed by atoms with Crippen LogP contribution in [0.2, 0.25) is 0 Å². The summed E-state index contributed by atoms with van der Waals surface area (Å²) in [4.78, 5) is 23.1. The van der Waals surface area contributed by atoms with Gasteiger partial charge in [0.25, 0.3) is 0 Å². The summed E-state index contributed by atoms with van der Waals surface area (Å²) in [6.45, 7) is 3.66. The second-order valence-electron chi connectivity index (χ2n) is 5.10. The van der Waals surface area contributed by atoms with Gasteiger partial charge < -0.3 is 16.0 Å². The van der Waals surface area contributed by atoms with Gasteiger partial charge in [0.05, 0.1) is 0 Å². The van der Waals surface area contributed by atoms with Gasteiger partial charge in [-0.25, -0.2) is 0 Å². The smallest absolute Gasteiger partial charge is 0.227 e. The van der Waals surface area contributed by atoms with Gasteiger partial charge in [-0.2, -0.15) is 0 Å². The van der Waals surface area contributed by atoms with Gasteiger partial charge in [-0.05, 0) is 49.7 Å². The Morgan fingerprint density at radius 2 is 1.86 bits per heavy atom. The van der Waals surface area contributed by atoms with Crippen molar-refractivity contribution < 1.29 is 9.59 Å². The number of hydrogen-bond donors (Lipinski definition) is 3. The van der Waals surface area contributed by atoms with E-state index in [0.29, 0.717) is 6.42 Å². The van der Waals surface area contributed by atoms with Crippen LogP contribution in [-0.2, 0) is 9.59 Å². The van der Waals surface area contributed by atoms with Crippen LogP contribution in [0.5, 0.6) is 0 Å². The lowest BCUT2D eigenvalue weighted by molar-refractivity contribution is -0.119. The van der Waals surface area contributed by atoms with Gasteiger partial charge in [0, 0.05) is 23.7 Å². The molecule has 0 aliphatic heterocycles. The number of hydrogen-bond acceptors (Lipinski definition) is 3. The van der Waals surface area contributed by atoms with E-state index in [-0.39, 0.29) is 22.8 Å². The van der Waals surface area contributed by atoms with Crippen molar-refractivity contribution in [2.24, 2.45) is 5.92 Å². The Balaban J connectivity index is 2.04. The lowest BCUT2D eigenvalue weighted by Crippen LogP contribution is -2.33. The molecule has 0 bridgehead atoms. The molecule has 112 valence electrons. The zero-order valence-electron chi connectivity index (χ0n) is 12.2. The first kappa shape index (κ1) is 15.4. The zero-order valence-corrected chi connectivity index (χ0v) is 13.0. The molecule has 1 aliphatic carbocycles. The average Bonchev–Trinajstić information content (AvgIpc) is 3.27. The summed E-state index contributed by atoms with van der Waals surface area (Å²) in [5, 5.41) is 8.76. The van der Waals surface area contributed by atoms with Crippen LogP contribution in [0.15, 0.2) is 18.2 Å². The molecule has 3 N–H and O–H groups in total. The fraction of sp³-hybridized carbons (Fsp3) is 0.400. The van der Waals surface area contributed by atoms with Crippen LogP contribution in [0.4, 0.5) is 11.4 Å². The zero-order chi connectivity index (χ0) is 15.4. The summed E-state index contributed by atoms with van der Waals surface area (Å²) in [6, 6.07) is 5.54. The second-order valence-corrected chi connectivity index (χ2v) is 5.51. The Morgan fingerprint density at radius 1 is 1.24 bits per heavy atom. The van der Waals surface area contributed by atoms with Crippen LogP contribution in [0, 0.1) is 12.8 Å². The normalized spacial score (nSPS) is 13.4. The molecule has 0 unspecified atom stereocenters. The van der Waals surface area contributed by atoms with Crippen LogP contribution < -0.4 is 16.0 Å². The van der Waals surface area contributed by atoms with Crippen LogP contribution in [0.1, 0.15) is 31.7 Å². The highest BCUT2D eigenvalue weighted by Gasteiger charge is 2.29. The third-order valence-electron chi connectivity index (χ3n) is 3.36. The number of amides is 2. The van der Waals surface area contributed by atoms with Crippen LogP contribution in [0.3, 0.4) is 0 Å². The molecule has 0 saturated heterocycles. The fourth-order valence-electron chi connectivity index (χ4n) is 1.86. The highest BCUT2D eigenvalue weighted by molar-refractivity contribution is 7.80. The number of benzene rings is 1. The Labute approximate surface area is 129 Å². The van der Waals surface area contributed by atoms with Crippen molar-refractivity contribution in [3.05, 3.63) is 23.8 Å². The molecule has 0 radical (unpaired) electrons. The first-order valence-electron chi connectivity index (χ1n) is 7.02. The van der Waals surface area contributed by atoms with E-state index in [0.717, 1.165) is 29.8 Å². The molecule has 0 spiro atoms. The van der Waals surface area contributed by atoms with Crippen molar-refractivity contribution in [1.29, 1.82) is 0 Å². The Kier molecular flexibility index (Phi) is 4.90. The van der Waals surface area contributed by atoms with E-state index in [1.807, 2.05) is 25.1 Å². The molecule has 0 aromatic heterocycles. The lowest BCUT2D eigenvalue weighted by atomic mass is 10.1. The van der Waals surface area contributed by atoms with E-state index in [1.54, 1.807) is 6.92 Å².